The zero-order valence-electron chi connectivity index (χ0n) is 12.2. The maximum Gasteiger partial charge on any atom is 0.123 e. The average molecular weight is 303 g/mol. The third kappa shape index (κ3) is 2.33. The van der Waals surface area contributed by atoms with Crippen LogP contribution in [0.3, 0.4) is 0 Å². The molecule has 0 spiro atoms. The molecule has 0 amide bonds. The van der Waals surface area contributed by atoms with Crippen molar-refractivity contribution in [2.75, 3.05) is 19.7 Å². The molecule has 2 aliphatic heterocycles. The van der Waals surface area contributed by atoms with Gasteiger partial charge in [-0.05, 0) is 17.7 Å². The van der Waals surface area contributed by atoms with Gasteiger partial charge in [0.05, 0.1) is 18.9 Å². The first-order valence-electron chi connectivity index (χ1n) is 7.47. The number of β-amino-alcohol motifs (C(OH)–C–C–N with tert-alkyl or cyclic N) is 1. The molecule has 2 aliphatic rings. The molecule has 2 N–H and O–H groups in total. The summed E-state index contributed by atoms with van der Waals surface area (Å²) in [6.07, 6.45) is 0.877. The van der Waals surface area contributed by atoms with Gasteiger partial charge in [0, 0.05) is 37.3 Å². The first-order valence-corrected chi connectivity index (χ1v) is 7.47. The number of ether oxygens (including phenoxy) is 1. The minimum Gasteiger partial charge on any atom is -0.382 e. The Balaban J connectivity index is 1.43. The lowest BCUT2D eigenvalue weighted by Crippen LogP contribution is -2.58. The van der Waals surface area contributed by atoms with E-state index in [1.54, 1.807) is 12.1 Å². The minimum absolute atomic E-state index is 0.285. The van der Waals surface area contributed by atoms with E-state index in [-0.39, 0.29) is 5.82 Å². The van der Waals surface area contributed by atoms with Crippen molar-refractivity contribution in [3.05, 3.63) is 52.6 Å². The normalized spacial score (nSPS) is 20.5. The summed E-state index contributed by atoms with van der Waals surface area (Å²) in [6, 6.07) is 6.07. The van der Waals surface area contributed by atoms with Gasteiger partial charge in [0.2, 0.25) is 0 Å². The summed E-state index contributed by atoms with van der Waals surface area (Å²) in [6.45, 7) is 3.10. The van der Waals surface area contributed by atoms with E-state index in [0.717, 1.165) is 35.5 Å². The second-order valence-electron chi connectivity index (χ2n) is 6.11. The van der Waals surface area contributed by atoms with Crippen LogP contribution in [0.1, 0.15) is 22.5 Å². The second kappa shape index (κ2) is 5.15. The molecule has 1 aromatic heterocycles. The van der Waals surface area contributed by atoms with Crippen LogP contribution in [0.5, 0.6) is 0 Å². The van der Waals surface area contributed by atoms with E-state index in [9.17, 15) is 9.50 Å². The molecule has 0 bridgehead atoms. The van der Waals surface area contributed by atoms with E-state index in [0.29, 0.717) is 26.2 Å². The standard InChI is InChI=1S/C16H18FN3O2/c17-12-3-1-11(2-4-12)16(21)9-20(10-16)7-15-13-8-22-6-5-14(13)18-19-15/h1-4,21H,5-10H2,(H,18,19). The molecule has 5 nitrogen and oxygen atoms in total. The van der Waals surface area contributed by atoms with Crippen molar-refractivity contribution in [3.63, 3.8) is 0 Å². The molecule has 1 aromatic carbocycles. The summed E-state index contributed by atoms with van der Waals surface area (Å²) in [4.78, 5) is 2.13. The number of aliphatic hydroxyl groups is 1. The zero-order valence-corrected chi connectivity index (χ0v) is 12.2. The number of aromatic nitrogens is 2. The third-order valence-corrected chi connectivity index (χ3v) is 4.51. The van der Waals surface area contributed by atoms with Gasteiger partial charge in [0.25, 0.3) is 0 Å². The van der Waals surface area contributed by atoms with Crippen LogP contribution >= 0.6 is 0 Å². The molecule has 0 atom stereocenters. The molecule has 22 heavy (non-hydrogen) atoms. The number of hydrogen-bond acceptors (Lipinski definition) is 4. The smallest absolute Gasteiger partial charge is 0.123 e. The molecular formula is C16H18FN3O2. The molecular weight excluding hydrogens is 285 g/mol. The number of benzene rings is 1. The van der Waals surface area contributed by atoms with Gasteiger partial charge in [0.15, 0.2) is 0 Å². The average Bonchev–Trinajstić information content (AvgIpc) is 2.90. The van der Waals surface area contributed by atoms with Crippen LogP contribution in [0.15, 0.2) is 24.3 Å². The van der Waals surface area contributed by atoms with E-state index in [1.807, 2.05) is 0 Å². The lowest BCUT2D eigenvalue weighted by Gasteiger charge is -2.46. The summed E-state index contributed by atoms with van der Waals surface area (Å²) in [5, 5.41) is 18.0. The summed E-state index contributed by atoms with van der Waals surface area (Å²) in [5.41, 5.74) is 3.19. The Labute approximate surface area is 127 Å². The number of nitrogens with one attached hydrogen (secondary N) is 1. The number of aromatic amines is 1. The Morgan fingerprint density at radius 3 is 2.86 bits per heavy atom. The van der Waals surface area contributed by atoms with E-state index in [4.69, 9.17) is 4.74 Å². The highest BCUT2D eigenvalue weighted by atomic mass is 19.1. The third-order valence-electron chi connectivity index (χ3n) is 4.51. The van der Waals surface area contributed by atoms with Gasteiger partial charge in [-0.15, -0.1) is 0 Å². The van der Waals surface area contributed by atoms with Crippen molar-refractivity contribution >= 4 is 0 Å². The SMILES string of the molecule is OC1(c2ccc(F)cc2)CN(Cc2n[nH]c3c2COCC3)C1. The molecule has 0 saturated carbocycles. The maximum absolute atomic E-state index is 13.0. The molecule has 116 valence electrons. The van der Waals surface area contributed by atoms with Crippen LogP contribution in [-0.2, 0) is 29.9 Å². The maximum atomic E-state index is 13.0. The molecule has 0 unspecified atom stereocenters. The van der Waals surface area contributed by atoms with Crippen molar-refractivity contribution in [2.45, 2.75) is 25.2 Å². The van der Waals surface area contributed by atoms with Gasteiger partial charge in [0.1, 0.15) is 11.4 Å². The van der Waals surface area contributed by atoms with Gasteiger partial charge in [-0.2, -0.15) is 5.10 Å². The van der Waals surface area contributed by atoms with E-state index in [1.165, 1.54) is 12.1 Å². The van der Waals surface area contributed by atoms with Gasteiger partial charge in [-0.25, -0.2) is 4.39 Å². The fourth-order valence-corrected chi connectivity index (χ4v) is 3.26. The topological polar surface area (TPSA) is 61.4 Å². The number of likely N-dealkylation sites (tertiary alicyclic amines) is 1. The Morgan fingerprint density at radius 2 is 2.09 bits per heavy atom. The molecule has 2 aromatic rings. The fraction of sp³-hybridized carbons (Fsp3) is 0.438. The monoisotopic (exact) mass is 303 g/mol. The fourth-order valence-electron chi connectivity index (χ4n) is 3.26. The predicted molar refractivity (Wildman–Crippen MR) is 77.5 cm³/mol. The van der Waals surface area contributed by atoms with Crippen LogP contribution in [0.25, 0.3) is 0 Å². The van der Waals surface area contributed by atoms with Gasteiger partial charge in [-0.3, -0.25) is 10.00 Å². The number of nitrogens with zero attached hydrogens (tertiary/aromatic N) is 2. The highest BCUT2D eigenvalue weighted by molar-refractivity contribution is 5.29. The van der Waals surface area contributed by atoms with Crippen LogP contribution in [0.4, 0.5) is 4.39 Å². The number of fused-ring (bicyclic) bond motifs is 1. The molecule has 1 fully saturated rings. The van der Waals surface area contributed by atoms with E-state index < -0.39 is 5.60 Å². The van der Waals surface area contributed by atoms with Crippen LogP contribution in [-0.4, -0.2) is 39.9 Å². The molecule has 3 heterocycles. The largest absolute Gasteiger partial charge is 0.382 e. The Morgan fingerprint density at radius 1 is 1.32 bits per heavy atom. The lowest BCUT2D eigenvalue weighted by molar-refractivity contribution is -0.108. The molecule has 6 heteroatoms. The molecule has 4 rings (SSSR count). The molecule has 0 aliphatic carbocycles. The highest BCUT2D eigenvalue weighted by Gasteiger charge is 2.42. The van der Waals surface area contributed by atoms with Crippen molar-refractivity contribution in [1.29, 1.82) is 0 Å². The van der Waals surface area contributed by atoms with E-state index >= 15 is 0 Å². The number of rotatable bonds is 3. The second-order valence-corrected chi connectivity index (χ2v) is 6.11. The van der Waals surface area contributed by atoms with Gasteiger partial charge >= 0.3 is 0 Å². The number of H-pyrrole nitrogens is 1. The first-order chi connectivity index (χ1) is 10.6. The number of hydrogen-bond donors (Lipinski definition) is 2. The minimum atomic E-state index is -0.888. The van der Waals surface area contributed by atoms with Crippen molar-refractivity contribution < 1.29 is 14.2 Å². The van der Waals surface area contributed by atoms with Crippen molar-refractivity contribution in [3.8, 4) is 0 Å². The Bertz CT molecular complexity index is 677. The van der Waals surface area contributed by atoms with Crippen LogP contribution in [0, 0.1) is 5.82 Å². The quantitative estimate of drug-likeness (QED) is 0.898. The summed E-state index contributed by atoms with van der Waals surface area (Å²) in [5.74, 6) is -0.285. The summed E-state index contributed by atoms with van der Waals surface area (Å²) in [7, 11) is 0. The van der Waals surface area contributed by atoms with Crippen LogP contribution < -0.4 is 0 Å². The van der Waals surface area contributed by atoms with Crippen molar-refractivity contribution in [1.82, 2.24) is 15.1 Å². The lowest BCUT2D eigenvalue weighted by atomic mass is 9.86. The van der Waals surface area contributed by atoms with Gasteiger partial charge < -0.3 is 9.84 Å². The zero-order chi connectivity index (χ0) is 15.2. The Hall–Kier alpha value is -1.76. The van der Waals surface area contributed by atoms with E-state index in [2.05, 4.69) is 15.1 Å². The van der Waals surface area contributed by atoms with Gasteiger partial charge in [-0.1, -0.05) is 12.1 Å². The van der Waals surface area contributed by atoms with Crippen molar-refractivity contribution in [2.24, 2.45) is 0 Å². The molecule has 1 saturated heterocycles. The summed E-state index contributed by atoms with van der Waals surface area (Å²) < 4.78 is 18.5. The predicted octanol–water partition coefficient (Wildman–Crippen LogP) is 1.32. The summed E-state index contributed by atoms with van der Waals surface area (Å²) >= 11 is 0. The number of halogens is 1. The Kier molecular flexibility index (Phi) is 3.25. The molecule has 0 radical (unpaired) electrons. The van der Waals surface area contributed by atoms with Crippen LogP contribution in [0.2, 0.25) is 0 Å². The first kappa shape index (κ1) is 13.9. The highest BCUT2D eigenvalue weighted by Crippen LogP contribution is 2.33.